The quantitative estimate of drug-likeness (QED) is 0.841. The number of nitrogens with zero attached hydrogens (tertiary/aromatic N) is 2. The number of carboxylic acids is 1. The van der Waals surface area contributed by atoms with Gasteiger partial charge >= 0.3 is 5.97 Å². The summed E-state index contributed by atoms with van der Waals surface area (Å²) in [7, 11) is -2.43. The van der Waals surface area contributed by atoms with Gasteiger partial charge < -0.3 is 9.84 Å². The maximum absolute atomic E-state index is 12.7. The van der Waals surface area contributed by atoms with Crippen LogP contribution < -0.4 is 0 Å². The number of hydrogen-bond acceptors (Lipinski definition) is 5. The second kappa shape index (κ2) is 5.39. The van der Waals surface area contributed by atoms with E-state index in [1.165, 1.54) is 18.3 Å². The molecule has 0 bridgehead atoms. The van der Waals surface area contributed by atoms with Gasteiger partial charge in [-0.2, -0.15) is 9.40 Å². The molecule has 0 radical (unpaired) electrons. The van der Waals surface area contributed by atoms with E-state index in [1.54, 1.807) is 0 Å². The van der Waals surface area contributed by atoms with Crippen LogP contribution in [0.4, 0.5) is 0 Å². The van der Waals surface area contributed by atoms with Gasteiger partial charge in [0.15, 0.2) is 0 Å². The average molecular weight is 317 g/mol. The molecule has 9 heteroatoms. The van der Waals surface area contributed by atoms with Crippen LogP contribution >= 0.6 is 0 Å². The van der Waals surface area contributed by atoms with E-state index in [-0.39, 0.29) is 17.8 Å². The SMILES string of the molecule is COC1(C)CCCN(S(=O)(=O)c2n[nH]c(C)c2C(=O)O)C1. The van der Waals surface area contributed by atoms with E-state index in [9.17, 15) is 18.3 Å². The molecule has 1 saturated heterocycles. The first-order valence-electron chi connectivity index (χ1n) is 6.55. The Balaban J connectivity index is 2.41. The molecule has 0 amide bonds. The Morgan fingerprint density at radius 3 is 2.76 bits per heavy atom. The van der Waals surface area contributed by atoms with Gasteiger partial charge in [0.05, 0.1) is 5.60 Å². The highest BCUT2D eigenvalue weighted by molar-refractivity contribution is 7.89. The van der Waals surface area contributed by atoms with Crippen LogP contribution in [-0.2, 0) is 14.8 Å². The maximum Gasteiger partial charge on any atom is 0.340 e. The summed E-state index contributed by atoms with van der Waals surface area (Å²) in [5.74, 6) is -1.31. The number of sulfonamides is 1. The van der Waals surface area contributed by atoms with Crippen molar-refractivity contribution in [2.45, 2.75) is 37.3 Å². The molecule has 0 saturated carbocycles. The number of rotatable bonds is 4. The molecule has 2 heterocycles. The summed E-state index contributed by atoms with van der Waals surface area (Å²) >= 11 is 0. The number of nitrogens with one attached hydrogen (secondary N) is 1. The van der Waals surface area contributed by atoms with Crippen LogP contribution in [0.1, 0.15) is 35.8 Å². The summed E-state index contributed by atoms with van der Waals surface area (Å²) in [6, 6.07) is 0. The van der Waals surface area contributed by atoms with Crippen LogP contribution in [0.25, 0.3) is 0 Å². The number of carbonyl (C=O) groups is 1. The number of aromatic amines is 1. The summed E-state index contributed by atoms with van der Waals surface area (Å²) < 4.78 is 31.9. The van der Waals surface area contributed by atoms with E-state index >= 15 is 0 Å². The predicted molar refractivity (Wildman–Crippen MR) is 73.7 cm³/mol. The summed E-state index contributed by atoms with van der Waals surface area (Å²) in [5, 5.41) is 14.9. The molecular weight excluding hydrogens is 298 g/mol. The molecular formula is C12H19N3O5S. The number of methoxy groups -OCH3 is 1. The number of ether oxygens (including phenoxy) is 1. The third-order valence-corrected chi connectivity index (χ3v) is 5.60. The molecule has 1 aliphatic rings. The monoisotopic (exact) mass is 317 g/mol. The number of carboxylic acid groups (broad SMARTS) is 1. The smallest absolute Gasteiger partial charge is 0.340 e. The van der Waals surface area contributed by atoms with Crippen LogP contribution in [0.3, 0.4) is 0 Å². The lowest BCUT2D eigenvalue weighted by molar-refractivity contribution is -0.0319. The van der Waals surface area contributed by atoms with Crippen molar-refractivity contribution < 1.29 is 23.1 Å². The molecule has 1 unspecified atom stereocenters. The molecule has 2 rings (SSSR count). The van der Waals surface area contributed by atoms with Crippen molar-refractivity contribution in [2.75, 3.05) is 20.2 Å². The Morgan fingerprint density at radius 1 is 1.52 bits per heavy atom. The topological polar surface area (TPSA) is 113 Å². The predicted octanol–water partition coefficient (Wildman–Crippen LogP) is 0.606. The van der Waals surface area contributed by atoms with E-state index in [4.69, 9.17) is 4.74 Å². The Hall–Kier alpha value is -1.45. The molecule has 8 nitrogen and oxygen atoms in total. The highest BCUT2D eigenvalue weighted by Gasteiger charge is 2.40. The van der Waals surface area contributed by atoms with Crippen LogP contribution in [0, 0.1) is 6.92 Å². The first-order chi connectivity index (χ1) is 9.71. The lowest BCUT2D eigenvalue weighted by Crippen LogP contribution is -2.49. The Morgan fingerprint density at radius 2 is 2.19 bits per heavy atom. The number of aromatic nitrogens is 2. The minimum absolute atomic E-state index is 0.177. The van der Waals surface area contributed by atoms with Gasteiger partial charge in [0.2, 0.25) is 5.03 Å². The van der Waals surface area contributed by atoms with E-state index in [0.29, 0.717) is 13.0 Å². The Labute approximate surface area is 123 Å². The Bertz CT molecular complexity index is 654. The molecule has 1 atom stereocenters. The third kappa shape index (κ3) is 2.81. The van der Waals surface area contributed by atoms with Crippen molar-refractivity contribution >= 4 is 16.0 Å². The van der Waals surface area contributed by atoms with Gasteiger partial charge in [-0.1, -0.05) is 0 Å². The van der Waals surface area contributed by atoms with Crippen LogP contribution in [0.2, 0.25) is 0 Å². The minimum Gasteiger partial charge on any atom is -0.478 e. The zero-order valence-electron chi connectivity index (χ0n) is 12.2. The fourth-order valence-corrected chi connectivity index (χ4v) is 4.22. The van der Waals surface area contributed by atoms with Crippen molar-refractivity contribution in [1.82, 2.24) is 14.5 Å². The highest BCUT2D eigenvalue weighted by Crippen LogP contribution is 2.29. The van der Waals surface area contributed by atoms with Crippen molar-refractivity contribution in [3.8, 4) is 0 Å². The zero-order valence-corrected chi connectivity index (χ0v) is 13.0. The maximum atomic E-state index is 12.7. The Kier molecular flexibility index (Phi) is 4.09. The van der Waals surface area contributed by atoms with Crippen molar-refractivity contribution in [1.29, 1.82) is 0 Å². The first-order valence-corrected chi connectivity index (χ1v) is 7.99. The van der Waals surface area contributed by atoms with Crippen molar-refractivity contribution in [3.05, 3.63) is 11.3 Å². The van der Waals surface area contributed by atoms with Gasteiger partial charge in [-0.15, -0.1) is 0 Å². The standard InChI is InChI=1S/C12H19N3O5S/c1-8-9(11(16)17)10(14-13-8)21(18,19)15-6-4-5-12(2,7-15)20-3/h4-7H2,1-3H3,(H,13,14)(H,16,17). The number of hydrogen-bond donors (Lipinski definition) is 2. The zero-order chi connectivity index (χ0) is 15.8. The number of aryl methyl sites for hydroxylation is 1. The fraction of sp³-hybridized carbons (Fsp3) is 0.667. The normalized spacial score (nSPS) is 24.1. The fourth-order valence-electron chi connectivity index (χ4n) is 2.50. The number of piperidine rings is 1. The van der Waals surface area contributed by atoms with E-state index < -0.39 is 26.6 Å². The van der Waals surface area contributed by atoms with Crippen LogP contribution in [0.15, 0.2) is 5.03 Å². The summed E-state index contributed by atoms with van der Waals surface area (Å²) in [6.07, 6.45) is 1.40. The number of H-pyrrole nitrogens is 1. The molecule has 1 aromatic rings. The molecule has 0 aliphatic carbocycles. The van der Waals surface area contributed by atoms with Gasteiger partial charge in [-0.3, -0.25) is 5.10 Å². The minimum atomic E-state index is -3.97. The lowest BCUT2D eigenvalue weighted by Gasteiger charge is -2.38. The van der Waals surface area contributed by atoms with Crippen molar-refractivity contribution in [2.24, 2.45) is 0 Å². The third-order valence-electron chi connectivity index (χ3n) is 3.83. The molecule has 1 aromatic heterocycles. The molecule has 0 spiro atoms. The molecule has 21 heavy (non-hydrogen) atoms. The van der Waals surface area contributed by atoms with E-state index in [2.05, 4.69) is 10.2 Å². The van der Waals surface area contributed by atoms with Gasteiger partial charge in [0.1, 0.15) is 5.56 Å². The molecule has 1 fully saturated rings. The van der Waals surface area contributed by atoms with Gasteiger partial charge in [-0.05, 0) is 26.7 Å². The van der Waals surface area contributed by atoms with Crippen LogP contribution in [-0.4, -0.2) is 59.8 Å². The molecule has 1 aliphatic heterocycles. The van der Waals surface area contributed by atoms with E-state index in [0.717, 1.165) is 6.42 Å². The summed E-state index contributed by atoms with van der Waals surface area (Å²) in [6.45, 7) is 3.82. The van der Waals surface area contributed by atoms with Gasteiger partial charge in [0, 0.05) is 25.9 Å². The second-order valence-electron chi connectivity index (χ2n) is 5.43. The second-order valence-corrected chi connectivity index (χ2v) is 7.28. The van der Waals surface area contributed by atoms with Crippen molar-refractivity contribution in [3.63, 3.8) is 0 Å². The van der Waals surface area contributed by atoms with Gasteiger partial charge in [-0.25, -0.2) is 13.2 Å². The summed E-state index contributed by atoms with van der Waals surface area (Å²) in [5.41, 5.74) is -0.660. The first kappa shape index (κ1) is 15.9. The summed E-state index contributed by atoms with van der Waals surface area (Å²) in [4.78, 5) is 11.2. The van der Waals surface area contributed by atoms with Gasteiger partial charge in [0.25, 0.3) is 10.0 Å². The van der Waals surface area contributed by atoms with Crippen LogP contribution in [0.5, 0.6) is 0 Å². The molecule has 118 valence electrons. The molecule has 2 N–H and O–H groups in total. The average Bonchev–Trinajstić information content (AvgIpc) is 2.81. The lowest BCUT2D eigenvalue weighted by atomic mass is 9.96. The number of aromatic carboxylic acids is 1. The van der Waals surface area contributed by atoms with E-state index in [1.807, 2.05) is 6.92 Å². The highest BCUT2D eigenvalue weighted by atomic mass is 32.2. The largest absolute Gasteiger partial charge is 0.478 e. The molecule has 0 aromatic carbocycles.